The summed E-state index contributed by atoms with van der Waals surface area (Å²) in [6.07, 6.45) is 5.09. The van der Waals surface area contributed by atoms with Crippen LogP contribution in [0.2, 0.25) is 0 Å². The van der Waals surface area contributed by atoms with E-state index in [0.717, 1.165) is 0 Å². The second kappa shape index (κ2) is 10.4. The van der Waals surface area contributed by atoms with Gasteiger partial charge in [-0.3, -0.25) is 0 Å². The molecule has 1 aliphatic rings. The van der Waals surface area contributed by atoms with E-state index in [0.29, 0.717) is 0 Å². The van der Waals surface area contributed by atoms with E-state index in [1.807, 2.05) is 27.7 Å². The van der Waals surface area contributed by atoms with Gasteiger partial charge in [-0.1, -0.05) is 52.0 Å². The fourth-order valence-corrected chi connectivity index (χ4v) is 0.584. The number of allylic oxidation sites excluding steroid dienone is 2. The molecule has 0 aromatic carbocycles. The molecule has 0 spiro atoms. The molecule has 0 heterocycles. The number of hydrogen-bond acceptors (Lipinski definition) is 2. The standard InChI is InChI=1S/C6H8O2.2C2H6/c7-5-3-1-2-4-6(5)8;2*1-2/h1-8H;2*1-2H3/t5-,6+;;. The molecule has 0 aromatic rings. The molecule has 0 aliphatic heterocycles. The molecule has 0 saturated carbocycles. The Hall–Kier alpha value is -0.600. The molecule has 72 valence electrons. The van der Waals surface area contributed by atoms with Crippen LogP contribution in [0.1, 0.15) is 27.7 Å². The summed E-state index contributed by atoms with van der Waals surface area (Å²) in [6.45, 7) is 8.00. The Morgan fingerprint density at radius 1 is 0.750 bits per heavy atom. The predicted molar refractivity (Wildman–Crippen MR) is 53.0 cm³/mol. The highest BCUT2D eigenvalue weighted by Crippen LogP contribution is 2.02. The molecular formula is C10H20O2. The summed E-state index contributed by atoms with van der Waals surface area (Å²) in [4.78, 5) is 0. The second-order valence-corrected chi connectivity index (χ2v) is 1.75. The van der Waals surface area contributed by atoms with Gasteiger partial charge in [-0.15, -0.1) is 0 Å². The zero-order valence-corrected chi connectivity index (χ0v) is 8.36. The van der Waals surface area contributed by atoms with E-state index < -0.39 is 12.2 Å². The van der Waals surface area contributed by atoms with Gasteiger partial charge in [-0.2, -0.15) is 0 Å². The van der Waals surface area contributed by atoms with Crippen LogP contribution in [-0.4, -0.2) is 22.4 Å². The zero-order valence-electron chi connectivity index (χ0n) is 8.36. The minimum Gasteiger partial charge on any atom is -0.386 e. The highest BCUT2D eigenvalue weighted by atomic mass is 16.3. The molecular weight excluding hydrogens is 152 g/mol. The van der Waals surface area contributed by atoms with Gasteiger partial charge in [0.05, 0.1) is 0 Å². The quantitative estimate of drug-likeness (QED) is 0.585. The van der Waals surface area contributed by atoms with Crippen LogP contribution in [0.4, 0.5) is 0 Å². The molecule has 0 fully saturated rings. The largest absolute Gasteiger partial charge is 0.386 e. The smallest absolute Gasteiger partial charge is 0.102 e. The molecule has 2 atom stereocenters. The summed E-state index contributed by atoms with van der Waals surface area (Å²) in [5.41, 5.74) is 0. The molecule has 1 aliphatic carbocycles. The molecule has 0 unspecified atom stereocenters. The average Bonchev–Trinajstić information content (AvgIpc) is 2.17. The Balaban J connectivity index is 0. The van der Waals surface area contributed by atoms with E-state index in [9.17, 15) is 0 Å². The predicted octanol–water partition coefficient (Wildman–Crippen LogP) is 1.89. The highest BCUT2D eigenvalue weighted by Gasteiger charge is 2.09. The maximum atomic E-state index is 8.79. The molecule has 12 heavy (non-hydrogen) atoms. The SMILES string of the molecule is CC.CC.O[C@@H]1C=CC=C[C@@H]1O. The molecule has 0 radical (unpaired) electrons. The third kappa shape index (κ3) is 6.13. The van der Waals surface area contributed by atoms with Crippen molar-refractivity contribution in [3.05, 3.63) is 24.3 Å². The normalized spacial score (nSPS) is 24.8. The van der Waals surface area contributed by atoms with Crippen LogP contribution in [0.15, 0.2) is 24.3 Å². The Labute approximate surface area is 75.2 Å². The van der Waals surface area contributed by atoms with Crippen LogP contribution in [0.3, 0.4) is 0 Å². The van der Waals surface area contributed by atoms with Crippen molar-refractivity contribution in [2.75, 3.05) is 0 Å². The third-order valence-corrected chi connectivity index (χ3v) is 1.08. The highest BCUT2D eigenvalue weighted by molar-refractivity contribution is 5.15. The van der Waals surface area contributed by atoms with Crippen molar-refractivity contribution in [2.24, 2.45) is 0 Å². The molecule has 0 aromatic heterocycles. The molecule has 0 amide bonds. The first-order chi connectivity index (χ1) is 5.80. The van der Waals surface area contributed by atoms with Crippen molar-refractivity contribution in [3.8, 4) is 0 Å². The fourth-order valence-electron chi connectivity index (χ4n) is 0.584. The first-order valence-corrected chi connectivity index (χ1v) is 4.52. The van der Waals surface area contributed by atoms with E-state index in [-0.39, 0.29) is 0 Å². The van der Waals surface area contributed by atoms with Gasteiger partial charge in [0.2, 0.25) is 0 Å². The van der Waals surface area contributed by atoms with Gasteiger partial charge in [-0.25, -0.2) is 0 Å². The van der Waals surface area contributed by atoms with Crippen molar-refractivity contribution in [1.82, 2.24) is 0 Å². The summed E-state index contributed by atoms with van der Waals surface area (Å²) < 4.78 is 0. The number of rotatable bonds is 0. The van der Waals surface area contributed by atoms with Crippen molar-refractivity contribution in [1.29, 1.82) is 0 Å². The molecule has 0 saturated heterocycles. The lowest BCUT2D eigenvalue weighted by Crippen LogP contribution is -2.22. The number of aliphatic hydroxyl groups excluding tert-OH is 2. The zero-order chi connectivity index (χ0) is 9.98. The fraction of sp³-hybridized carbons (Fsp3) is 0.600. The number of aliphatic hydroxyl groups is 2. The van der Waals surface area contributed by atoms with Gasteiger partial charge in [-0.05, 0) is 0 Å². The first-order valence-electron chi connectivity index (χ1n) is 4.52. The van der Waals surface area contributed by atoms with Crippen LogP contribution in [-0.2, 0) is 0 Å². The summed E-state index contributed by atoms with van der Waals surface area (Å²) in [6, 6.07) is 0. The van der Waals surface area contributed by atoms with Gasteiger partial charge in [0.15, 0.2) is 0 Å². The third-order valence-electron chi connectivity index (χ3n) is 1.08. The van der Waals surface area contributed by atoms with Crippen LogP contribution in [0, 0.1) is 0 Å². The average molecular weight is 172 g/mol. The van der Waals surface area contributed by atoms with Gasteiger partial charge >= 0.3 is 0 Å². The Bertz CT molecular complexity index is 112. The van der Waals surface area contributed by atoms with E-state index >= 15 is 0 Å². The van der Waals surface area contributed by atoms with Crippen LogP contribution in [0.25, 0.3) is 0 Å². The molecule has 2 heteroatoms. The van der Waals surface area contributed by atoms with Crippen LogP contribution in [0.5, 0.6) is 0 Å². The van der Waals surface area contributed by atoms with Gasteiger partial charge in [0.1, 0.15) is 12.2 Å². The van der Waals surface area contributed by atoms with Gasteiger partial charge in [0.25, 0.3) is 0 Å². The lowest BCUT2D eigenvalue weighted by Gasteiger charge is -2.11. The van der Waals surface area contributed by atoms with E-state index in [1.165, 1.54) is 0 Å². The summed E-state index contributed by atoms with van der Waals surface area (Å²) in [5.74, 6) is 0. The number of hydrogen-bond donors (Lipinski definition) is 2. The Morgan fingerprint density at radius 2 is 1.00 bits per heavy atom. The Morgan fingerprint density at radius 3 is 1.17 bits per heavy atom. The minimum atomic E-state index is -0.708. The lowest BCUT2D eigenvalue weighted by molar-refractivity contribution is 0.0794. The molecule has 2 nitrogen and oxygen atoms in total. The van der Waals surface area contributed by atoms with Crippen LogP contribution < -0.4 is 0 Å². The van der Waals surface area contributed by atoms with E-state index in [1.54, 1.807) is 24.3 Å². The molecule has 2 N–H and O–H groups in total. The monoisotopic (exact) mass is 172 g/mol. The second-order valence-electron chi connectivity index (χ2n) is 1.75. The maximum Gasteiger partial charge on any atom is 0.102 e. The topological polar surface area (TPSA) is 40.5 Å². The van der Waals surface area contributed by atoms with Gasteiger partial charge < -0.3 is 10.2 Å². The Kier molecular flexibility index (Phi) is 12.1. The van der Waals surface area contributed by atoms with Gasteiger partial charge in [0, 0.05) is 0 Å². The lowest BCUT2D eigenvalue weighted by atomic mass is 10.1. The maximum absolute atomic E-state index is 8.79. The van der Waals surface area contributed by atoms with Crippen molar-refractivity contribution in [2.45, 2.75) is 39.9 Å². The van der Waals surface area contributed by atoms with Crippen LogP contribution >= 0.6 is 0 Å². The minimum absolute atomic E-state index is 0.708. The summed E-state index contributed by atoms with van der Waals surface area (Å²) in [7, 11) is 0. The summed E-state index contributed by atoms with van der Waals surface area (Å²) in [5, 5.41) is 17.6. The molecule has 0 bridgehead atoms. The summed E-state index contributed by atoms with van der Waals surface area (Å²) >= 11 is 0. The first kappa shape index (κ1) is 14.0. The molecule has 1 rings (SSSR count). The van der Waals surface area contributed by atoms with Crippen molar-refractivity contribution >= 4 is 0 Å². The van der Waals surface area contributed by atoms with E-state index in [2.05, 4.69) is 0 Å². The van der Waals surface area contributed by atoms with Crippen molar-refractivity contribution < 1.29 is 10.2 Å². The van der Waals surface area contributed by atoms with E-state index in [4.69, 9.17) is 10.2 Å². The van der Waals surface area contributed by atoms with Crippen molar-refractivity contribution in [3.63, 3.8) is 0 Å².